The number of aryl methyl sites for hydroxylation is 1. The Labute approximate surface area is 208 Å². The summed E-state index contributed by atoms with van der Waals surface area (Å²) in [6.07, 6.45) is 4.15. The molecule has 0 saturated carbocycles. The number of carbonyl (C=O) groups is 1. The van der Waals surface area contributed by atoms with Crippen LogP contribution in [0.4, 0.5) is 4.79 Å². The van der Waals surface area contributed by atoms with Gasteiger partial charge in [-0.15, -0.1) is 11.3 Å². The Kier molecular flexibility index (Phi) is 6.09. The molecule has 1 saturated heterocycles. The fourth-order valence-corrected chi connectivity index (χ4v) is 6.39. The van der Waals surface area contributed by atoms with Gasteiger partial charge < -0.3 is 19.5 Å². The van der Waals surface area contributed by atoms with Crippen LogP contribution in [0, 0.1) is 0 Å². The summed E-state index contributed by atoms with van der Waals surface area (Å²) in [4.78, 5) is 20.1. The molecule has 1 unspecified atom stereocenters. The van der Waals surface area contributed by atoms with Crippen LogP contribution >= 0.6 is 22.9 Å². The average molecular weight is 501 g/mol. The van der Waals surface area contributed by atoms with Crippen molar-refractivity contribution in [1.82, 2.24) is 9.88 Å². The van der Waals surface area contributed by atoms with Gasteiger partial charge in [-0.05, 0) is 81.0 Å². The lowest BCUT2D eigenvalue weighted by Crippen LogP contribution is -2.54. The largest absolute Gasteiger partial charge is 0.444 e. The highest BCUT2D eigenvalue weighted by molar-refractivity contribution is 7.19. The normalized spacial score (nSPS) is 20.6. The number of benzene rings is 1. The number of fused-ring (bicyclic) bond motifs is 3. The van der Waals surface area contributed by atoms with Gasteiger partial charge in [0.1, 0.15) is 11.2 Å². The maximum Gasteiger partial charge on any atom is 0.410 e. The number of halogens is 1. The van der Waals surface area contributed by atoms with E-state index in [1.165, 1.54) is 0 Å². The predicted molar refractivity (Wildman–Crippen MR) is 134 cm³/mol. The van der Waals surface area contributed by atoms with Crippen molar-refractivity contribution in [3.8, 4) is 11.1 Å². The minimum atomic E-state index is -0.630. The summed E-state index contributed by atoms with van der Waals surface area (Å²) in [6, 6.07) is 7.96. The lowest BCUT2D eigenvalue weighted by Gasteiger charge is -2.47. The number of aromatic nitrogens is 1. The number of ether oxygens (including phenoxy) is 2. The van der Waals surface area contributed by atoms with E-state index in [-0.39, 0.29) is 12.7 Å². The monoisotopic (exact) mass is 500 g/mol. The van der Waals surface area contributed by atoms with E-state index in [4.69, 9.17) is 21.1 Å². The quantitative estimate of drug-likeness (QED) is 0.473. The number of aliphatic hydroxyl groups is 1. The van der Waals surface area contributed by atoms with Gasteiger partial charge in [-0.3, -0.25) is 4.98 Å². The molecule has 3 heterocycles. The number of hydrogen-bond acceptors (Lipinski definition) is 6. The highest BCUT2D eigenvalue weighted by Gasteiger charge is 2.45. The van der Waals surface area contributed by atoms with Crippen LogP contribution in [0.5, 0.6) is 0 Å². The number of thiophene rings is 1. The minimum Gasteiger partial charge on any atom is -0.444 e. The van der Waals surface area contributed by atoms with Gasteiger partial charge in [-0.2, -0.15) is 0 Å². The molecule has 1 fully saturated rings. The molecule has 1 spiro atoms. The van der Waals surface area contributed by atoms with Crippen LogP contribution in [0.1, 0.15) is 49.6 Å². The maximum absolute atomic E-state index is 13.0. The lowest BCUT2D eigenvalue weighted by molar-refractivity contribution is -0.121. The Bertz CT molecular complexity index is 1250. The molecule has 1 atom stereocenters. The molecule has 5 rings (SSSR count). The van der Waals surface area contributed by atoms with Gasteiger partial charge in [0, 0.05) is 28.2 Å². The van der Waals surface area contributed by atoms with Crippen molar-refractivity contribution in [2.45, 2.75) is 57.8 Å². The van der Waals surface area contributed by atoms with Gasteiger partial charge in [0.2, 0.25) is 0 Å². The van der Waals surface area contributed by atoms with Gasteiger partial charge in [0.15, 0.2) is 0 Å². The molecule has 1 N–H and O–H groups in total. The predicted octanol–water partition coefficient (Wildman–Crippen LogP) is 5.91. The fourth-order valence-electron chi connectivity index (χ4n) is 5.15. The summed E-state index contributed by atoms with van der Waals surface area (Å²) in [7, 11) is 0. The second-order valence-corrected chi connectivity index (χ2v) is 11.6. The number of aliphatic hydroxyl groups excluding tert-OH is 1. The van der Waals surface area contributed by atoms with Crippen LogP contribution in [0.15, 0.2) is 30.5 Å². The molecule has 6 nitrogen and oxygen atoms in total. The number of morpholine rings is 1. The number of hydrogen-bond donors (Lipinski definition) is 1. The molecule has 8 heteroatoms. The Balaban J connectivity index is 1.64. The zero-order chi connectivity index (χ0) is 24.1. The maximum atomic E-state index is 13.0. The minimum absolute atomic E-state index is 0.0218. The van der Waals surface area contributed by atoms with Crippen molar-refractivity contribution in [3.63, 3.8) is 0 Å². The molecule has 0 bridgehead atoms. The van der Waals surface area contributed by atoms with Gasteiger partial charge in [-0.1, -0.05) is 11.6 Å². The first-order chi connectivity index (χ1) is 16.2. The first-order valence-electron chi connectivity index (χ1n) is 11.6. The number of rotatable bonds is 2. The first kappa shape index (κ1) is 23.5. The second-order valence-electron chi connectivity index (χ2n) is 10.0. The summed E-state index contributed by atoms with van der Waals surface area (Å²) in [5.41, 5.74) is 3.95. The van der Waals surface area contributed by atoms with E-state index in [1.807, 2.05) is 45.0 Å². The molecular weight excluding hydrogens is 472 g/mol. The standard InChI is InChI=1S/C26H29ClN2O4S/c1-25(2,3)33-24(31)29-9-10-32-26(15-29)7-4-5-16-11-17(27)12-20(22(16)26)19-6-8-28-21-13-18(14-30)34-23(19)21/h6,8,11-13,30H,4-5,7,9-10,14-15H2,1-3H3. The van der Waals surface area contributed by atoms with E-state index in [0.29, 0.717) is 24.7 Å². The molecule has 3 aromatic rings. The van der Waals surface area contributed by atoms with E-state index in [0.717, 1.165) is 56.6 Å². The zero-order valence-electron chi connectivity index (χ0n) is 19.7. The van der Waals surface area contributed by atoms with Crippen LogP contribution in [-0.4, -0.2) is 46.4 Å². The molecule has 2 aromatic heterocycles. The third-order valence-electron chi connectivity index (χ3n) is 6.41. The van der Waals surface area contributed by atoms with Crippen LogP contribution in [0.2, 0.25) is 5.02 Å². The molecule has 1 amide bonds. The number of nitrogens with zero attached hydrogens (tertiary/aromatic N) is 2. The van der Waals surface area contributed by atoms with Crippen molar-refractivity contribution in [2.24, 2.45) is 0 Å². The molecule has 1 aromatic carbocycles. The zero-order valence-corrected chi connectivity index (χ0v) is 21.3. The highest BCUT2D eigenvalue weighted by atomic mass is 35.5. The molecule has 2 aliphatic rings. The fraction of sp³-hybridized carbons (Fsp3) is 0.462. The Morgan fingerprint density at radius 1 is 1.32 bits per heavy atom. The summed E-state index contributed by atoms with van der Waals surface area (Å²) >= 11 is 8.16. The highest BCUT2D eigenvalue weighted by Crippen LogP contribution is 2.48. The summed E-state index contributed by atoms with van der Waals surface area (Å²) < 4.78 is 13.2. The van der Waals surface area contributed by atoms with Crippen LogP contribution in [0.3, 0.4) is 0 Å². The van der Waals surface area contributed by atoms with Gasteiger partial charge in [0.25, 0.3) is 0 Å². The third-order valence-corrected chi connectivity index (χ3v) is 7.77. The van der Waals surface area contributed by atoms with Crippen LogP contribution in [-0.2, 0) is 28.1 Å². The van der Waals surface area contributed by atoms with Crippen molar-refractivity contribution in [2.75, 3.05) is 19.7 Å². The Morgan fingerprint density at radius 3 is 2.91 bits per heavy atom. The van der Waals surface area contributed by atoms with E-state index in [1.54, 1.807) is 22.4 Å². The summed E-state index contributed by atoms with van der Waals surface area (Å²) in [5.74, 6) is 0. The van der Waals surface area contributed by atoms with Gasteiger partial charge in [0.05, 0.1) is 30.0 Å². The average Bonchev–Trinajstić information content (AvgIpc) is 3.21. The summed E-state index contributed by atoms with van der Waals surface area (Å²) in [6.45, 7) is 7.00. The van der Waals surface area contributed by atoms with Gasteiger partial charge in [-0.25, -0.2) is 4.79 Å². The molecular formula is C26H29ClN2O4S. The molecule has 180 valence electrons. The van der Waals surface area contributed by atoms with Crippen LogP contribution < -0.4 is 0 Å². The number of carbonyl (C=O) groups excluding carboxylic acids is 1. The number of amides is 1. The van der Waals surface area contributed by atoms with Crippen molar-refractivity contribution >= 4 is 39.2 Å². The van der Waals surface area contributed by atoms with Crippen molar-refractivity contribution < 1.29 is 19.4 Å². The molecule has 34 heavy (non-hydrogen) atoms. The Hall–Kier alpha value is -2.19. The first-order valence-corrected chi connectivity index (χ1v) is 12.8. The van der Waals surface area contributed by atoms with E-state index < -0.39 is 11.2 Å². The third kappa shape index (κ3) is 4.31. The second kappa shape index (κ2) is 8.79. The Morgan fingerprint density at radius 2 is 2.15 bits per heavy atom. The molecule has 1 aliphatic heterocycles. The summed E-state index contributed by atoms with van der Waals surface area (Å²) in [5, 5.41) is 10.4. The van der Waals surface area contributed by atoms with E-state index in [2.05, 4.69) is 4.98 Å². The topological polar surface area (TPSA) is 71.9 Å². The van der Waals surface area contributed by atoms with E-state index in [9.17, 15) is 9.90 Å². The van der Waals surface area contributed by atoms with Crippen molar-refractivity contribution in [1.29, 1.82) is 0 Å². The smallest absolute Gasteiger partial charge is 0.410 e. The van der Waals surface area contributed by atoms with Crippen molar-refractivity contribution in [3.05, 3.63) is 51.5 Å². The number of pyridine rings is 1. The van der Waals surface area contributed by atoms with E-state index >= 15 is 0 Å². The SMILES string of the molecule is CC(C)(C)OC(=O)N1CCOC2(CCCc3cc(Cl)cc(-c4ccnc5cc(CO)sc45)c32)C1. The van der Waals surface area contributed by atoms with Gasteiger partial charge >= 0.3 is 6.09 Å². The molecule has 1 aliphatic carbocycles. The lowest BCUT2D eigenvalue weighted by atomic mass is 9.74. The molecule has 0 radical (unpaired) electrons. The van der Waals surface area contributed by atoms with Crippen LogP contribution in [0.25, 0.3) is 21.3 Å².